The van der Waals surface area contributed by atoms with Crippen LogP contribution in [0.5, 0.6) is 0 Å². The predicted molar refractivity (Wildman–Crippen MR) is 56.1 cm³/mol. The summed E-state index contributed by atoms with van der Waals surface area (Å²) >= 11 is 0. The number of pyridine rings is 1. The highest BCUT2D eigenvalue weighted by atomic mass is 16.7. The Labute approximate surface area is 89.8 Å². The van der Waals surface area contributed by atoms with Gasteiger partial charge in [0.15, 0.2) is 6.23 Å². The van der Waals surface area contributed by atoms with E-state index in [1.807, 2.05) is 14.0 Å². The minimum Gasteiger partial charge on any atom is -0.344 e. The van der Waals surface area contributed by atoms with Crippen molar-refractivity contribution in [2.24, 2.45) is 0 Å². The molecule has 4 nitrogen and oxygen atoms in total. The number of nitrogens with zero attached hydrogens (tertiary/aromatic N) is 2. The van der Waals surface area contributed by atoms with Gasteiger partial charge >= 0.3 is 0 Å². The average Bonchev–Trinajstić information content (AvgIpc) is 2.94. The van der Waals surface area contributed by atoms with Gasteiger partial charge in [-0.05, 0) is 31.5 Å². The zero-order valence-electron chi connectivity index (χ0n) is 9.52. The Morgan fingerprint density at radius 2 is 2.13 bits per heavy atom. The van der Waals surface area contributed by atoms with Crippen LogP contribution in [0.15, 0.2) is 12.1 Å². The van der Waals surface area contributed by atoms with Gasteiger partial charge in [-0.15, -0.1) is 0 Å². The molecule has 1 aromatic rings. The molecule has 0 bridgehead atoms. The summed E-state index contributed by atoms with van der Waals surface area (Å²) in [6.07, 6.45) is 0.0530. The summed E-state index contributed by atoms with van der Waals surface area (Å²) in [6, 6.07) is 4.11. The highest BCUT2D eigenvalue weighted by Gasteiger charge is 2.45. The molecule has 15 heavy (non-hydrogen) atoms. The smallest absolute Gasteiger partial charge is 0.165 e. The summed E-state index contributed by atoms with van der Waals surface area (Å²) in [5.74, 6) is 0. The van der Waals surface area contributed by atoms with E-state index in [9.17, 15) is 0 Å². The van der Waals surface area contributed by atoms with Crippen LogP contribution < -0.4 is 0 Å². The second kappa shape index (κ2) is 3.89. The highest BCUT2D eigenvalue weighted by Crippen LogP contribution is 2.39. The third kappa shape index (κ3) is 2.17. The predicted octanol–water partition coefficient (Wildman–Crippen LogP) is 1.59. The van der Waals surface area contributed by atoms with Crippen molar-refractivity contribution in [1.29, 1.82) is 0 Å². The molecule has 2 heterocycles. The third-order valence-corrected chi connectivity index (χ3v) is 2.52. The molecule has 0 N–H and O–H groups in total. The number of hydrogen-bond donors (Lipinski definition) is 0. The van der Waals surface area contributed by atoms with Crippen LogP contribution >= 0.6 is 0 Å². The first-order valence-electron chi connectivity index (χ1n) is 4.99. The van der Waals surface area contributed by atoms with Crippen molar-refractivity contribution in [2.75, 3.05) is 14.2 Å². The first-order valence-corrected chi connectivity index (χ1v) is 4.99. The van der Waals surface area contributed by atoms with Crippen LogP contribution in [0.1, 0.15) is 23.1 Å². The van der Waals surface area contributed by atoms with Crippen LogP contribution in [0.3, 0.4) is 0 Å². The van der Waals surface area contributed by atoms with Gasteiger partial charge in [0.2, 0.25) is 0 Å². The van der Waals surface area contributed by atoms with Crippen molar-refractivity contribution in [2.45, 2.75) is 26.2 Å². The van der Waals surface area contributed by atoms with Crippen molar-refractivity contribution in [1.82, 2.24) is 10.0 Å². The molecule has 4 heteroatoms. The van der Waals surface area contributed by atoms with E-state index in [-0.39, 0.29) is 12.3 Å². The lowest BCUT2D eigenvalue weighted by molar-refractivity contribution is -0.138. The van der Waals surface area contributed by atoms with Gasteiger partial charge in [-0.3, -0.25) is 9.82 Å². The summed E-state index contributed by atoms with van der Waals surface area (Å²) < 4.78 is 5.50. The average molecular weight is 208 g/mol. The van der Waals surface area contributed by atoms with Crippen LogP contribution in [0.25, 0.3) is 0 Å². The molecule has 0 radical (unpaired) electrons. The van der Waals surface area contributed by atoms with Gasteiger partial charge in [0.25, 0.3) is 0 Å². The minimum atomic E-state index is 0.00343. The van der Waals surface area contributed by atoms with Crippen LogP contribution in [-0.4, -0.2) is 30.4 Å². The third-order valence-electron chi connectivity index (χ3n) is 2.52. The number of aromatic nitrogens is 1. The van der Waals surface area contributed by atoms with E-state index >= 15 is 0 Å². The fraction of sp³-hybridized carbons (Fsp3) is 0.545. The van der Waals surface area contributed by atoms with Crippen molar-refractivity contribution >= 4 is 0 Å². The fourth-order valence-corrected chi connectivity index (χ4v) is 1.72. The summed E-state index contributed by atoms with van der Waals surface area (Å²) in [5.41, 5.74) is 3.23. The Balaban J connectivity index is 2.12. The maximum absolute atomic E-state index is 5.50. The van der Waals surface area contributed by atoms with Gasteiger partial charge in [0, 0.05) is 12.7 Å². The number of ether oxygens (including phenoxy) is 1. The lowest BCUT2D eigenvalue weighted by atomic mass is 10.2. The molecule has 1 aliphatic heterocycles. The van der Waals surface area contributed by atoms with Gasteiger partial charge in [-0.25, -0.2) is 0 Å². The molecular weight excluding hydrogens is 192 g/mol. The zero-order chi connectivity index (χ0) is 11.0. The first kappa shape index (κ1) is 10.5. The minimum absolute atomic E-state index is 0.00343. The molecule has 82 valence electrons. The standard InChI is InChI=1S/C11H16N2O2/c1-7-5-8(2)12-9(6-7)10-11(15-10)13(3)14-4/h5-6,10-11H,1-4H3. The summed E-state index contributed by atoms with van der Waals surface area (Å²) in [6.45, 7) is 4.06. The molecule has 0 spiro atoms. The highest BCUT2D eigenvalue weighted by molar-refractivity contribution is 5.23. The maximum atomic E-state index is 5.50. The Hall–Kier alpha value is -0.970. The molecule has 0 amide bonds. The Kier molecular flexibility index (Phi) is 2.73. The van der Waals surface area contributed by atoms with Gasteiger partial charge in [-0.2, -0.15) is 5.06 Å². The van der Waals surface area contributed by atoms with E-state index in [0.29, 0.717) is 0 Å². The molecule has 1 aromatic heterocycles. The first-order chi connectivity index (χ1) is 7.11. The van der Waals surface area contributed by atoms with Crippen LogP contribution in [-0.2, 0) is 9.57 Å². The van der Waals surface area contributed by atoms with Crippen molar-refractivity contribution in [3.63, 3.8) is 0 Å². The number of aryl methyl sites for hydroxylation is 2. The van der Waals surface area contributed by atoms with Gasteiger partial charge < -0.3 is 4.74 Å². The Morgan fingerprint density at radius 1 is 1.40 bits per heavy atom. The van der Waals surface area contributed by atoms with Gasteiger partial charge in [0.1, 0.15) is 6.10 Å². The molecule has 1 fully saturated rings. The Morgan fingerprint density at radius 3 is 2.73 bits per heavy atom. The normalized spacial score (nSPS) is 24.6. The van der Waals surface area contributed by atoms with E-state index in [0.717, 1.165) is 11.4 Å². The molecule has 1 aliphatic rings. The molecular formula is C11H16N2O2. The number of epoxide rings is 1. The van der Waals surface area contributed by atoms with Crippen LogP contribution in [0, 0.1) is 13.8 Å². The van der Waals surface area contributed by atoms with Crippen molar-refractivity contribution in [3.05, 3.63) is 29.1 Å². The zero-order valence-corrected chi connectivity index (χ0v) is 9.52. The lowest BCUT2D eigenvalue weighted by Gasteiger charge is -2.09. The number of hydroxylamine groups is 2. The molecule has 2 atom stereocenters. The second-order valence-corrected chi connectivity index (χ2v) is 3.89. The van der Waals surface area contributed by atoms with E-state index < -0.39 is 0 Å². The fourth-order valence-electron chi connectivity index (χ4n) is 1.72. The summed E-state index contributed by atoms with van der Waals surface area (Å²) in [7, 11) is 3.49. The molecule has 0 aromatic carbocycles. The molecule has 2 unspecified atom stereocenters. The number of hydrogen-bond acceptors (Lipinski definition) is 4. The van der Waals surface area contributed by atoms with E-state index in [2.05, 4.69) is 24.0 Å². The maximum Gasteiger partial charge on any atom is 0.165 e. The molecule has 1 saturated heterocycles. The van der Waals surface area contributed by atoms with E-state index in [1.165, 1.54) is 5.56 Å². The van der Waals surface area contributed by atoms with Crippen molar-refractivity contribution < 1.29 is 9.57 Å². The quantitative estimate of drug-likeness (QED) is 0.558. The van der Waals surface area contributed by atoms with Crippen LogP contribution in [0.2, 0.25) is 0 Å². The Bertz CT molecular complexity index is 347. The second-order valence-electron chi connectivity index (χ2n) is 3.89. The van der Waals surface area contributed by atoms with Gasteiger partial charge in [-0.1, -0.05) is 0 Å². The topological polar surface area (TPSA) is 37.9 Å². The lowest BCUT2D eigenvalue weighted by Crippen LogP contribution is -2.20. The summed E-state index contributed by atoms with van der Waals surface area (Å²) in [5, 5.41) is 1.70. The van der Waals surface area contributed by atoms with Crippen LogP contribution in [0.4, 0.5) is 0 Å². The molecule has 2 rings (SSSR count). The largest absolute Gasteiger partial charge is 0.344 e. The van der Waals surface area contributed by atoms with E-state index in [1.54, 1.807) is 12.2 Å². The van der Waals surface area contributed by atoms with E-state index in [4.69, 9.17) is 9.57 Å². The summed E-state index contributed by atoms with van der Waals surface area (Å²) in [4.78, 5) is 9.52. The van der Waals surface area contributed by atoms with Crippen molar-refractivity contribution in [3.8, 4) is 0 Å². The number of likely N-dealkylation sites (N-methyl/N-ethyl adjacent to an activating group) is 1. The SMILES string of the molecule is CON(C)C1OC1c1cc(C)cc(C)n1. The van der Waals surface area contributed by atoms with Gasteiger partial charge in [0.05, 0.1) is 12.8 Å². The number of rotatable bonds is 3. The monoisotopic (exact) mass is 208 g/mol. The molecule has 0 saturated carbocycles. The molecule has 0 aliphatic carbocycles.